The Bertz CT molecular complexity index is 840. The first-order valence-corrected chi connectivity index (χ1v) is 7.73. The van der Waals surface area contributed by atoms with Crippen molar-refractivity contribution < 1.29 is 32.6 Å². The second-order valence-corrected chi connectivity index (χ2v) is 5.38. The van der Waals surface area contributed by atoms with Crippen molar-refractivity contribution in [1.82, 2.24) is 0 Å². The molecule has 0 aromatic heterocycles. The Morgan fingerprint density at radius 2 is 1.70 bits per heavy atom. The van der Waals surface area contributed by atoms with Gasteiger partial charge >= 0.3 is 12.6 Å². The third-order valence-corrected chi connectivity index (χ3v) is 3.38. The van der Waals surface area contributed by atoms with E-state index in [0.717, 1.165) is 6.07 Å². The van der Waals surface area contributed by atoms with Gasteiger partial charge in [0.15, 0.2) is 6.10 Å². The summed E-state index contributed by atoms with van der Waals surface area (Å²) in [5.74, 6) is -2.30. The molecule has 9 heteroatoms. The Balaban J connectivity index is 1.97. The zero-order chi connectivity index (χ0) is 20.0. The molecule has 2 aromatic carbocycles. The van der Waals surface area contributed by atoms with Crippen LogP contribution in [-0.2, 0) is 9.53 Å². The molecule has 0 spiro atoms. The number of carbonyl (C=O) groups excluding carboxylic acids is 3. The van der Waals surface area contributed by atoms with E-state index in [4.69, 9.17) is 10.5 Å². The zero-order valence-electron chi connectivity index (χ0n) is 14.1. The van der Waals surface area contributed by atoms with E-state index in [-0.39, 0.29) is 16.9 Å². The molecule has 0 bridgehead atoms. The van der Waals surface area contributed by atoms with E-state index >= 15 is 0 Å². The van der Waals surface area contributed by atoms with Crippen LogP contribution in [0.1, 0.15) is 27.6 Å². The maximum Gasteiger partial charge on any atom is 0.387 e. The highest BCUT2D eigenvalue weighted by atomic mass is 19.3. The number of hydrogen-bond donors (Lipinski definition) is 2. The van der Waals surface area contributed by atoms with Crippen LogP contribution in [0.2, 0.25) is 0 Å². The fourth-order valence-electron chi connectivity index (χ4n) is 2.04. The van der Waals surface area contributed by atoms with Crippen LogP contribution in [0.15, 0.2) is 48.5 Å². The molecular weight excluding hydrogens is 362 g/mol. The molecule has 0 heterocycles. The lowest BCUT2D eigenvalue weighted by atomic mass is 10.2. The number of anilines is 1. The minimum absolute atomic E-state index is 0.0430. The quantitative estimate of drug-likeness (QED) is 0.720. The predicted octanol–water partition coefficient (Wildman–Crippen LogP) is 2.57. The second-order valence-electron chi connectivity index (χ2n) is 5.38. The minimum Gasteiger partial charge on any atom is -0.449 e. The maximum absolute atomic E-state index is 12.2. The molecule has 0 aliphatic heterocycles. The maximum atomic E-state index is 12.2. The molecule has 0 radical (unpaired) electrons. The summed E-state index contributed by atoms with van der Waals surface area (Å²) in [4.78, 5) is 35.2. The number of nitrogens with two attached hydrogens (primary N) is 1. The highest BCUT2D eigenvalue weighted by Gasteiger charge is 2.20. The Morgan fingerprint density at radius 1 is 1.04 bits per heavy atom. The van der Waals surface area contributed by atoms with E-state index in [2.05, 4.69) is 10.1 Å². The van der Waals surface area contributed by atoms with E-state index in [9.17, 15) is 23.2 Å². The topological polar surface area (TPSA) is 108 Å². The van der Waals surface area contributed by atoms with E-state index in [1.807, 2.05) is 0 Å². The van der Waals surface area contributed by atoms with Gasteiger partial charge in [0.25, 0.3) is 5.91 Å². The van der Waals surface area contributed by atoms with Crippen LogP contribution in [0, 0.1) is 0 Å². The number of ether oxygens (including phenoxy) is 2. The van der Waals surface area contributed by atoms with Crippen LogP contribution in [0.3, 0.4) is 0 Å². The highest BCUT2D eigenvalue weighted by Crippen LogP contribution is 2.17. The van der Waals surface area contributed by atoms with Crippen molar-refractivity contribution in [2.45, 2.75) is 19.6 Å². The lowest BCUT2D eigenvalue weighted by molar-refractivity contribution is -0.123. The van der Waals surface area contributed by atoms with Crippen molar-refractivity contribution in [3.63, 3.8) is 0 Å². The first kappa shape index (κ1) is 19.8. The summed E-state index contributed by atoms with van der Waals surface area (Å²) >= 11 is 0. The van der Waals surface area contributed by atoms with Crippen molar-refractivity contribution in [2.75, 3.05) is 5.32 Å². The number of halogens is 2. The number of nitrogens with one attached hydrogen (secondary N) is 1. The van der Waals surface area contributed by atoms with Crippen LogP contribution in [0.25, 0.3) is 0 Å². The number of rotatable bonds is 7. The van der Waals surface area contributed by atoms with Crippen LogP contribution in [0.4, 0.5) is 14.5 Å². The van der Waals surface area contributed by atoms with E-state index < -0.39 is 30.5 Å². The molecule has 2 amide bonds. The minimum atomic E-state index is -3.03. The fourth-order valence-corrected chi connectivity index (χ4v) is 2.04. The summed E-state index contributed by atoms with van der Waals surface area (Å²) < 4.78 is 33.7. The summed E-state index contributed by atoms with van der Waals surface area (Å²) in [6.07, 6.45) is -1.16. The number of primary amides is 1. The highest BCUT2D eigenvalue weighted by molar-refractivity contribution is 5.98. The average molecular weight is 378 g/mol. The lowest BCUT2D eigenvalue weighted by Crippen LogP contribution is -2.30. The molecule has 7 nitrogen and oxygen atoms in total. The van der Waals surface area contributed by atoms with Crippen molar-refractivity contribution >= 4 is 23.5 Å². The molecule has 1 unspecified atom stereocenters. The Kier molecular flexibility index (Phi) is 6.42. The number of hydrogen-bond acceptors (Lipinski definition) is 5. The molecule has 0 aliphatic carbocycles. The van der Waals surface area contributed by atoms with Crippen molar-refractivity contribution in [3.8, 4) is 5.75 Å². The summed E-state index contributed by atoms with van der Waals surface area (Å²) in [6.45, 7) is -1.67. The molecular formula is C18H16F2N2O5. The van der Waals surface area contributed by atoms with E-state index in [1.165, 1.54) is 49.4 Å². The normalized spacial score (nSPS) is 11.6. The van der Waals surface area contributed by atoms with Gasteiger partial charge in [-0.3, -0.25) is 9.59 Å². The molecule has 27 heavy (non-hydrogen) atoms. The monoisotopic (exact) mass is 378 g/mol. The van der Waals surface area contributed by atoms with Gasteiger partial charge in [0.2, 0.25) is 5.91 Å². The smallest absolute Gasteiger partial charge is 0.387 e. The zero-order valence-corrected chi connectivity index (χ0v) is 14.1. The van der Waals surface area contributed by atoms with Crippen LogP contribution in [0.5, 0.6) is 5.75 Å². The third-order valence-electron chi connectivity index (χ3n) is 3.38. The number of carbonyl (C=O) groups is 3. The first-order chi connectivity index (χ1) is 12.8. The van der Waals surface area contributed by atoms with Crippen LogP contribution in [-0.4, -0.2) is 30.5 Å². The van der Waals surface area contributed by atoms with Gasteiger partial charge in [0.1, 0.15) is 5.75 Å². The van der Waals surface area contributed by atoms with Gasteiger partial charge in [-0.05, 0) is 49.4 Å². The van der Waals surface area contributed by atoms with Gasteiger partial charge in [-0.25, -0.2) is 4.79 Å². The molecule has 0 aliphatic rings. The lowest BCUT2D eigenvalue weighted by Gasteiger charge is -2.14. The largest absolute Gasteiger partial charge is 0.449 e. The number of benzene rings is 2. The second kappa shape index (κ2) is 8.75. The summed E-state index contributed by atoms with van der Waals surface area (Å²) in [5, 5.41) is 2.51. The van der Waals surface area contributed by atoms with Gasteiger partial charge in [-0.1, -0.05) is 6.07 Å². The standard InChI is InChI=1S/C18H16F2N2O5/c1-10(16(24)22-13-7-5-11(6-8-13)15(21)23)26-17(25)12-3-2-4-14(9-12)27-18(19)20/h2-10,18H,1H3,(H2,21,23)(H,22,24). The summed E-state index contributed by atoms with van der Waals surface area (Å²) in [7, 11) is 0. The van der Waals surface area contributed by atoms with Gasteiger partial charge in [0.05, 0.1) is 5.56 Å². The molecule has 2 aromatic rings. The predicted molar refractivity (Wildman–Crippen MR) is 91.5 cm³/mol. The molecule has 142 valence electrons. The first-order valence-electron chi connectivity index (χ1n) is 7.73. The van der Waals surface area contributed by atoms with Crippen molar-refractivity contribution in [2.24, 2.45) is 5.73 Å². The summed E-state index contributed by atoms with van der Waals surface area (Å²) in [6, 6.07) is 10.8. The average Bonchev–Trinajstić information content (AvgIpc) is 2.61. The molecule has 0 fully saturated rings. The van der Waals surface area contributed by atoms with Gasteiger partial charge in [-0.2, -0.15) is 8.78 Å². The van der Waals surface area contributed by atoms with E-state index in [0.29, 0.717) is 5.69 Å². The molecule has 1 atom stereocenters. The molecule has 3 N–H and O–H groups in total. The van der Waals surface area contributed by atoms with Crippen molar-refractivity contribution in [3.05, 3.63) is 59.7 Å². The Morgan fingerprint density at radius 3 is 2.30 bits per heavy atom. The van der Waals surface area contributed by atoms with Gasteiger partial charge < -0.3 is 20.5 Å². The molecule has 2 rings (SSSR count). The third kappa shape index (κ3) is 5.77. The number of alkyl halides is 2. The SMILES string of the molecule is CC(OC(=O)c1cccc(OC(F)F)c1)C(=O)Nc1ccc(C(N)=O)cc1. The van der Waals surface area contributed by atoms with E-state index in [1.54, 1.807) is 0 Å². The fraction of sp³-hybridized carbons (Fsp3) is 0.167. The Hall–Kier alpha value is -3.49. The van der Waals surface area contributed by atoms with Gasteiger partial charge in [0, 0.05) is 11.3 Å². The van der Waals surface area contributed by atoms with Crippen LogP contribution < -0.4 is 15.8 Å². The van der Waals surface area contributed by atoms with Crippen molar-refractivity contribution in [1.29, 1.82) is 0 Å². The molecule has 0 saturated heterocycles. The molecule has 0 saturated carbocycles. The van der Waals surface area contributed by atoms with Crippen LogP contribution >= 0.6 is 0 Å². The van der Waals surface area contributed by atoms with Gasteiger partial charge in [-0.15, -0.1) is 0 Å². The summed E-state index contributed by atoms with van der Waals surface area (Å²) in [5.41, 5.74) is 5.73. The number of amides is 2. The Labute approximate surface area is 153 Å². The number of esters is 1.